The molecule has 2 unspecified atom stereocenters. The topological polar surface area (TPSA) is 139 Å². The van der Waals surface area contributed by atoms with E-state index in [4.69, 9.17) is 14.6 Å². The first-order chi connectivity index (χ1) is 12.2. The first kappa shape index (κ1) is 20.8. The highest BCUT2D eigenvalue weighted by atomic mass is 16.6. The summed E-state index contributed by atoms with van der Waals surface area (Å²) < 4.78 is 11.2. The standard InChI is InChI=1S/C15H19N3O8/c1-5-11(20)25-9(3)17-13(22)16(7-8-19)14(23)18(15(17)24)10(4)26-12(21)6-2/h5-6,9-10,19H,1-2,7-8H2,3-4H3. The van der Waals surface area contributed by atoms with E-state index >= 15 is 0 Å². The predicted octanol–water partition coefficient (Wildman–Crippen LogP) is -1.34. The van der Waals surface area contributed by atoms with Crippen LogP contribution < -0.4 is 17.1 Å². The molecule has 1 aromatic heterocycles. The predicted molar refractivity (Wildman–Crippen MR) is 88.3 cm³/mol. The van der Waals surface area contributed by atoms with Gasteiger partial charge in [0.1, 0.15) is 0 Å². The van der Waals surface area contributed by atoms with Crippen LogP contribution in [-0.4, -0.2) is 37.4 Å². The summed E-state index contributed by atoms with van der Waals surface area (Å²) in [5, 5.41) is 9.07. The second-order valence-corrected chi connectivity index (χ2v) is 4.94. The summed E-state index contributed by atoms with van der Waals surface area (Å²) >= 11 is 0. The third-order valence-corrected chi connectivity index (χ3v) is 3.24. The lowest BCUT2D eigenvalue weighted by molar-refractivity contribution is -0.147. The maximum absolute atomic E-state index is 12.6. The molecule has 0 aliphatic carbocycles. The van der Waals surface area contributed by atoms with Crippen LogP contribution in [0.25, 0.3) is 0 Å². The van der Waals surface area contributed by atoms with Gasteiger partial charge in [0.25, 0.3) is 0 Å². The van der Waals surface area contributed by atoms with Gasteiger partial charge in [-0.25, -0.2) is 37.7 Å². The highest BCUT2D eigenvalue weighted by Gasteiger charge is 2.24. The van der Waals surface area contributed by atoms with Gasteiger partial charge in [-0.3, -0.25) is 0 Å². The zero-order chi connectivity index (χ0) is 20.0. The molecule has 0 saturated carbocycles. The molecule has 0 aliphatic rings. The Bertz CT molecular complexity index is 825. The van der Waals surface area contributed by atoms with Crippen LogP contribution >= 0.6 is 0 Å². The van der Waals surface area contributed by atoms with Gasteiger partial charge in [0.05, 0.1) is 13.2 Å². The van der Waals surface area contributed by atoms with Crippen molar-refractivity contribution in [3.8, 4) is 0 Å². The van der Waals surface area contributed by atoms with Gasteiger partial charge in [0.15, 0.2) is 12.5 Å². The van der Waals surface area contributed by atoms with Crippen molar-refractivity contribution >= 4 is 11.9 Å². The Morgan fingerprint density at radius 2 is 1.35 bits per heavy atom. The summed E-state index contributed by atoms with van der Waals surface area (Å²) in [4.78, 5) is 60.1. The maximum Gasteiger partial charge on any atom is 0.342 e. The molecule has 0 radical (unpaired) electrons. The molecule has 1 aromatic rings. The number of rotatable bonds is 8. The minimum absolute atomic E-state index is 0.428. The van der Waals surface area contributed by atoms with Gasteiger partial charge in [-0.05, 0) is 13.8 Å². The van der Waals surface area contributed by atoms with E-state index in [1.54, 1.807) is 0 Å². The number of esters is 2. The average Bonchev–Trinajstić information content (AvgIpc) is 2.58. The van der Waals surface area contributed by atoms with Crippen LogP contribution in [0, 0.1) is 0 Å². The monoisotopic (exact) mass is 369 g/mol. The Morgan fingerprint density at radius 1 is 0.962 bits per heavy atom. The van der Waals surface area contributed by atoms with E-state index in [0.29, 0.717) is 13.7 Å². The van der Waals surface area contributed by atoms with E-state index in [-0.39, 0.29) is 0 Å². The van der Waals surface area contributed by atoms with E-state index in [1.165, 1.54) is 13.8 Å². The number of carbonyl (C=O) groups is 2. The van der Waals surface area contributed by atoms with Gasteiger partial charge < -0.3 is 14.6 Å². The number of hydrogen-bond acceptors (Lipinski definition) is 8. The number of aliphatic hydroxyl groups excluding tert-OH is 1. The van der Waals surface area contributed by atoms with Crippen LogP contribution in [0.5, 0.6) is 0 Å². The van der Waals surface area contributed by atoms with Crippen LogP contribution in [0.1, 0.15) is 26.3 Å². The zero-order valence-corrected chi connectivity index (χ0v) is 14.3. The molecule has 1 rings (SSSR count). The lowest BCUT2D eigenvalue weighted by Gasteiger charge is -2.20. The highest BCUT2D eigenvalue weighted by Crippen LogP contribution is 2.05. The SMILES string of the molecule is C=CC(=O)OC(C)n1c(=O)n(CCO)c(=O)n(C(C)OC(=O)C=C)c1=O. The fraction of sp³-hybridized carbons (Fsp3) is 0.400. The summed E-state index contributed by atoms with van der Waals surface area (Å²) in [5.74, 6) is -1.80. The Kier molecular flexibility index (Phi) is 7.02. The van der Waals surface area contributed by atoms with Gasteiger partial charge in [-0.1, -0.05) is 13.2 Å². The molecule has 0 saturated heterocycles. The van der Waals surface area contributed by atoms with Crippen LogP contribution in [0.15, 0.2) is 39.7 Å². The number of aliphatic hydroxyl groups is 1. The Labute approximate surface area is 147 Å². The smallest absolute Gasteiger partial charge is 0.342 e. The van der Waals surface area contributed by atoms with E-state index in [9.17, 15) is 24.0 Å². The summed E-state index contributed by atoms with van der Waals surface area (Å²) in [7, 11) is 0. The van der Waals surface area contributed by atoms with Crippen LogP contribution in [0.3, 0.4) is 0 Å². The first-order valence-electron chi connectivity index (χ1n) is 7.44. The quantitative estimate of drug-likeness (QED) is 0.439. The number of ether oxygens (including phenoxy) is 2. The molecule has 0 amide bonds. The molecule has 0 aromatic carbocycles. The third kappa shape index (κ3) is 4.25. The number of carbonyl (C=O) groups excluding carboxylic acids is 2. The molecule has 0 fully saturated rings. The van der Waals surface area contributed by atoms with Crippen LogP contribution in [0.2, 0.25) is 0 Å². The van der Waals surface area contributed by atoms with Crippen molar-refractivity contribution in [2.45, 2.75) is 32.8 Å². The Hall–Kier alpha value is -3.21. The van der Waals surface area contributed by atoms with Crippen molar-refractivity contribution in [3.05, 3.63) is 56.8 Å². The van der Waals surface area contributed by atoms with E-state index < -0.39 is 54.6 Å². The van der Waals surface area contributed by atoms with Crippen molar-refractivity contribution in [2.24, 2.45) is 0 Å². The molecular formula is C15H19N3O8. The van der Waals surface area contributed by atoms with Crippen molar-refractivity contribution < 1.29 is 24.2 Å². The molecule has 0 spiro atoms. The lowest BCUT2D eigenvalue weighted by atomic mass is 10.5. The van der Waals surface area contributed by atoms with Gasteiger partial charge in [-0.2, -0.15) is 0 Å². The number of aromatic nitrogens is 3. The lowest BCUT2D eigenvalue weighted by Crippen LogP contribution is -2.57. The minimum Gasteiger partial charge on any atom is -0.438 e. The molecule has 142 valence electrons. The van der Waals surface area contributed by atoms with Crippen molar-refractivity contribution in [2.75, 3.05) is 6.61 Å². The fourth-order valence-electron chi connectivity index (χ4n) is 2.07. The fourth-order valence-corrected chi connectivity index (χ4v) is 2.07. The third-order valence-electron chi connectivity index (χ3n) is 3.24. The summed E-state index contributed by atoms with van der Waals surface area (Å²) in [6.07, 6.45) is -1.12. The maximum atomic E-state index is 12.6. The first-order valence-corrected chi connectivity index (χ1v) is 7.44. The van der Waals surface area contributed by atoms with Gasteiger partial charge in [0.2, 0.25) is 0 Å². The van der Waals surface area contributed by atoms with Crippen molar-refractivity contribution in [3.63, 3.8) is 0 Å². The molecular weight excluding hydrogens is 350 g/mol. The summed E-state index contributed by atoms with van der Waals surface area (Å²) in [6.45, 7) is 7.85. The number of hydrogen-bond donors (Lipinski definition) is 1. The molecule has 26 heavy (non-hydrogen) atoms. The van der Waals surface area contributed by atoms with E-state index in [0.717, 1.165) is 12.2 Å². The summed E-state index contributed by atoms with van der Waals surface area (Å²) in [6, 6.07) is 0. The zero-order valence-electron chi connectivity index (χ0n) is 14.3. The van der Waals surface area contributed by atoms with Crippen molar-refractivity contribution in [1.82, 2.24) is 13.7 Å². The highest BCUT2D eigenvalue weighted by molar-refractivity contribution is 5.81. The number of nitrogens with zero attached hydrogens (tertiary/aromatic N) is 3. The summed E-state index contributed by atoms with van der Waals surface area (Å²) in [5.41, 5.74) is -3.36. The van der Waals surface area contributed by atoms with E-state index in [1.807, 2.05) is 0 Å². The largest absolute Gasteiger partial charge is 0.438 e. The van der Waals surface area contributed by atoms with Gasteiger partial charge >= 0.3 is 29.0 Å². The minimum atomic E-state index is -1.39. The van der Waals surface area contributed by atoms with E-state index in [2.05, 4.69) is 13.2 Å². The Balaban J connectivity index is 3.67. The molecule has 2 atom stereocenters. The Morgan fingerprint density at radius 3 is 1.65 bits per heavy atom. The van der Waals surface area contributed by atoms with Crippen molar-refractivity contribution in [1.29, 1.82) is 0 Å². The van der Waals surface area contributed by atoms with Gasteiger partial charge in [-0.15, -0.1) is 0 Å². The molecule has 0 aliphatic heterocycles. The molecule has 0 bridgehead atoms. The van der Waals surface area contributed by atoms with Crippen LogP contribution in [0.4, 0.5) is 0 Å². The second kappa shape index (κ2) is 8.76. The molecule has 11 nitrogen and oxygen atoms in total. The average molecular weight is 369 g/mol. The normalized spacial score (nSPS) is 12.7. The molecule has 11 heteroatoms. The molecule has 1 heterocycles. The second-order valence-electron chi connectivity index (χ2n) is 4.94. The molecule has 1 N–H and O–H groups in total. The van der Waals surface area contributed by atoms with Gasteiger partial charge in [0, 0.05) is 12.2 Å². The van der Waals surface area contributed by atoms with Crippen LogP contribution in [-0.2, 0) is 25.6 Å².